The summed E-state index contributed by atoms with van der Waals surface area (Å²) in [5.41, 5.74) is 3.79. The predicted octanol–water partition coefficient (Wildman–Crippen LogP) is 5.18. The van der Waals surface area contributed by atoms with Crippen LogP contribution in [0.25, 0.3) is 0 Å². The molecule has 104 valence electrons. The number of nitrogens with one attached hydrogen (secondary N) is 1. The highest BCUT2D eigenvalue weighted by Crippen LogP contribution is 2.26. The molecule has 0 heterocycles. The van der Waals surface area contributed by atoms with E-state index >= 15 is 0 Å². The number of benzene rings is 2. The van der Waals surface area contributed by atoms with Crippen LogP contribution in [0.2, 0.25) is 0 Å². The zero-order chi connectivity index (χ0) is 14.7. The van der Waals surface area contributed by atoms with Gasteiger partial charge in [-0.15, -0.1) is 0 Å². The normalized spacial score (nSPS) is 10.4. The second-order valence-electron chi connectivity index (χ2n) is 4.57. The van der Waals surface area contributed by atoms with Crippen LogP contribution in [0.4, 0.5) is 5.69 Å². The molecule has 0 aliphatic heterocycles. The molecule has 0 radical (unpaired) electrons. The van der Waals surface area contributed by atoms with E-state index in [4.69, 9.17) is 0 Å². The average molecular weight is 444 g/mol. The summed E-state index contributed by atoms with van der Waals surface area (Å²) in [4.78, 5) is 12.3. The Morgan fingerprint density at radius 2 is 1.90 bits per heavy atom. The summed E-state index contributed by atoms with van der Waals surface area (Å²) in [5.74, 6) is -0.0680. The molecule has 1 amide bonds. The van der Waals surface area contributed by atoms with Gasteiger partial charge in [0.1, 0.15) is 0 Å². The number of hydrogen-bond acceptors (Lipinski definition) is 1. The summed E-state index contributed by atoms with van der Waals surface area (Å²) in [6, 6.07) is 11.6. The fourth-order valence-corrected chi connectivity index (χ4v) is 3.04. The number of amides is 1. The molecule has 2 rings (SSSR count). The molecule has 1 N–H and O–H groups in total. The van der Waals surface area contributed by atoms with Crippen molar-refractivity contribution in [2.75, 3.05) is 5.32 Å². The van der Waals surface area contributed by atoms with Crippen LogP contribution < -0.4 is 5.32 Å². The minimum absolute atomic E-state index is 0.0680. The molecule has 0 aliphatic carbocycles. The monoisotopic (exact) mass is 443 g/mol. The van der Waals surface area contributed by atoms with Gasteiger partial charge < -0.3 is 5.32 Å². The van der Waals surface area contributed by atoms with E-state index in [0.29, 0.717) is 5.56 Å². The van der Waals surface area contributed by atoms with Gasteiger partial charge in [-0.2, -0.15) is 0 Å². The summed E-state index contributed by atoms with van der Waals surface area (Å²) in [5, 5.41) is 3.03. The lowest BCUT2D eigenvalue weighted by molar-refractivity contribution is 0.102. The average Bonchev–Trinajstić information content (AvgIpc) is 2.42. The first-order chi connectivity index (χ1) is 9.51. The maximum atomic E-state index is 12.3. The van der Waals surface area contributed by atoms with Crippen molar-refractivity contribution in [1.29, 1.82) is 0 Å². The molecule has 0 atom stereocenters. The van der Waals surface area contributed by atoms with Crippen molar-refractivity contribution < 1.29 is 4.79 Å². The highest BCUT2D eigenvalue weighted by molar-refractivity contribution is 14.1. The Morgan fingerprint density at radius 3 is 2.50 bits per heavy atom. The van der Waals surface area contributed by atoms with E-state index in [1.807, 2.05) is 37.3 Å². The first-order valence-corrected chi connectivity index (χ1v) is 8.24. The van der Waals surface area contributed by atoms with E-state index in [2.05, 4.69) is 56.8 Å². The Labute approximate surface area is 141 Å². The Bertz CT molecular complexity index is 638. The van der Waals surface area contributed by atoms with Crippen LogP contribution in [0.5, 0.6) is 0 Å². The highest BCUT2D eigenvalue weighted by atomic mass is 127. The van der Waals surface area contributed by atoms with Gasteiger partial charge in [0.05, 0.1) is 0 Å². The Kier molecular flexibility index (Phi) is 5.21. The molecular weight excluding hydrogens is 429 g/mol. The number of carbonyl (C=O) groups excluding carboxylic acids is 1. The Balaban J connectivity index is 2.30. The smallest absolute Gasteiger partial charge is 0.255 e. The fourth-order valence-electron chi connectivity index (χ4n) is 2.06. The van der Waals surface area contributed by atoms with Gasteiger partial charge >= 0.3 is 0 Å². The van der Waals surface area contributed by atoms with Gasteiger partial charge in [0.2, 0.25) is 0 Å². The number of carbonyl (C=O) groups is 1. The fraction of sp³-hybridized carbons (Fsp3) is 0.188. The minimum atomic E-state index is -0.0680. The molecule has 0 aromatic heterocycles. The van der Waals surface area contributed by atoms with Gasteiger partial charge in [-0.1, -0.05) is 22.9 Å². The zero-order valence-electron chi connectivity index (χ0n) is 11.3. The van der Waals surface area contributed by atoms with Crippen LogP contribution in [-0.2, 0) is 6.42 Å². The molecule has 2 nitrogen and oxygen atoms in total. The number of rotatable bonds is 3. The second kappa shape index (κ2) is 6.72. The third-order valence-electron chi connectivity index (χ3n) is 3.11. The molecule has 0 unspecified atom stereocenters. The summed E-state index contributed by atoms with van der Waals surface area (Å²) >= 11 is 5.72. The maximum Gasteiger partial charge on any atom is 0.255 e. The molecule has 0 bridgehead atoms. The molecule has 0 saturated heterocycles. The molecule has 0 fully saturated rings. The van der Waals surface area contributed by atoms with Crippen molar-refractivity contribution >= 4 is 50.1 Å². The molecule has 0 aliphatic rings. The van der Waals surface area contributed by atoms with Gasteiger partial charge in [-0.3, -0.25) is 4.79 Å². The van der Waals surface area contributed by atoms with Gasteiger partial charge in [0, 0.05) is 19.3 Å². The van der Waals surface area contributed by atoms with Crippen LogP contribution >= 0.6 is 38.5 Å². The molecule has 2 aromatic carbocycles. The van der Waals surface area contributed by atoms with Crippen molar-refractivity contribution in [3.05, 3.63) is 61.1 Å². The van der Waals surface area contributed by atoms with Crippen molar-refractivity contribution in [2.24, 2.45) is 0 Å². The number of anilines is 1. The molecule has 4 heteroatoms. The minimum Gasteiger partial charge on any atom is -0.321 e. The second-order valence-corrected chi connectivity index (χ2v) is 6.73. The lowest BCUT2D eigenvalue weighted by atomic mass is 10.1. The van der Waals surface area contributed by atoms with Crippen molar-refractivity contribution in [3.63, 3.8) is 0 Å². The largest absolute Gasteiger partial charge is 0.321 e. The lowest BCUT2D eigenvalue weighted by Crippen LogP contribution is -2.14. The van der Waals surface area contributed by atoms with Crippen LogP contribution in [0.1, 0.15) is 28.4 Å². The van der Waals surface area contributed by atoms with E-state index in [-0.39, 0.29) is 5.91 Å². The van der Waals surface area contributed by atoms with E-state index in [0.717, 1.165) is 31.3 Å². The standard InChI is InChI=1S/C16H15BrINO/c1-3-11-9-13(17)8-10(2)15(11)19-16(20)12-4-6-14(18)7-5-12/h4-9H,3H2,1-2H3,(H,19,20). The molecule has 0 saturated carbocycles. The van der Waals surface area contributed by atoms with Crippen molar-refractivity contribution in [2.45, 2.75) is 20.3 Å². The quantitative estimate of drug-likeness (QED) is 0.651. The van der Waals surface area contributed by atoms with E-state index < -0.39 is 0 Å². The molecular formula is C16H15BrINO. The lowest BCUT2D eigenvalue weighted by Gasteiger charge is -2.14. The molecule has 20 heavy (non-hydrogen) atoms. The van der Waals surface area contributed by atoms with E-state index in [1.165, 1.54) is 0 Å². The van der Waals surface area contributed by atoms with Crippen molar-refractivity contribution in [3.8, 4) is 0 Å². The van der Waals surface area contributed by atoms with Crippen LogP contribution in [0.3, 0.4) is 0 Å². The predicted molar refractivity (Wildman–Crippen MR) is 95.4 cm³/mol. The van der Waals surface area contributed by atoms with Gasteiger partial charge in [-0.05, 0) is 83.5 Å². The number of aryl methyl sites for hydroxylation is 2. The van der Waals surface area contributed by atoms with Crippen molar-refractivity contribution in [1.82, 2.24) is 0 Å². The summed E-state index contributed by atoms with van der Waals surface area (Å²) in [6.45, 7) is 4.09. The van der Waals surface area contributed by atoms with Crippen LogP contribution in [-0.4, -0.2) is 5.91 Å². The van der Waals surface area contributed by atoms with Gasteiger partial charge in [0.25, 0.3) is 5.91 Å². The third kappa shape index (κ3) is 3.61. The third-order valence-corrected chi connectivity index (χ3v) is 4.28. The topological polar surface area (TPSA) is 29.1 Å². The van der Waals surface area contributed by atoms with Crippen LogP contribution in [0.15, 0.2) is 40.9 Å². The zero-order valence-corrected chi connectivity index (χ0v) is 15.1. The highest BCUT2D eigenvalue weighted by Gasteiger charge is 2.11. The Morgan fingerprint density at radius 1 is 1.25 bits per heavy atom. The number of halogens is 2. The molecule has 0 spiro atoms. The maximum absolute atomic E-state index is 12.3. The summed E-state index contributed by atoms with van der Waals surface area (Å²) in [6.07, 6.45) is 0.878. The van der Waals surface area contributed by atoms with Gasteiger partial charge in [-0.25, -0.2) is 0 Å². The van der Waals surface area contributed by atoms with Gasteiger partial charge in [0.15, 0.2) is 0 Å². The first kappa shape index (κ1) is 15.5. The molecule has 2 aromatic rings. The number of hydrogen-bond donors (Lipinski definition) is 1. The summed E-state index contributed by atoms with van der Waals surface area (Å²) < 4.78 is 2.16. The van der Waals surface area contributed by atoms with Crippen LogP contribution in [0, 0.1) is 10.5 Å². The Hall–Kier alpha value is -0.880. The summed E-state index contributed by atoms with van der Waals surface area (Å²) in [7, 11) is 0. The van der Waals surface area contributed by atoms with E-state index in [9.17, 15) is 4.79 Å². The first-order valence-electron chi connectivity index (χ1n) is 6.37. The SMILES string of the molecule is CCc1cc(Br)cc(C)c1NC(=O)c1ccc(I)cc1. The van der Waals surface area contributed by atoms with E-state index in [1.54, 1.807) is 0 Å².